The smallest absolute Gasteiger partial charge is 0.240 e. The standard InChI is InChI=1S/C15H20Cl2N2O/c1-10(13-11(16)5-4-6-12(13)17)9-19-14(20)15(18)7-2-3-8-15/h4-6,10H,2-3,7-9,18H2,1H3,(H,19,20). The summed E-state index contributed by atoms with van der Waals surface area (Å²) >= 11 is 12.3. The van der Waals surface area contributed by atoms with Gasteiger partial charge >= 0.3 is 0 Å². The zero-order valence-corrected chi connectivity index (χ0v) is 13.1. The zero-order valence-electron chi connectivity index (χ0n) is 11.6. The van der Waals surface area contributed by atoms with Gasteiger partial charge in [-0.3, -0.25) is 4.79 Å². The van der Waals surface area contributed by atoms with Gasteiger partial charge in [0.2, 0.25) is 5.91 Å². The molecule has 0 heterocycles. The molecule has 20 heavy (non-hydrogen) atoms. The van der Waals surface area contributed by atoms with Crippen molar-refractivity contribution in [3.63, 3.8) is 0 Å². The Morgan fingerprint density at radius 3 is 2.45 bits per heavy atom. The van der Waals surface area contributed by atoms with E-state index in [4.69, 9.17) is 28.9 Å². The van der Waals surface area contributed by atoms with E-state index in [2.05, 4.69) is 5.32 Å². The maximum absolute atomic E-state index is 12.2. The Morgan fingerprint density at radius 1 is 1.35 bits per heavy atom. The van der Waals surface area contributed by atoms with Crippen molar-refractivity contribution in [3.8, 4) is 0 Å². The molecule has 110 valence electrons. The molecule has 2 rings (SSSR count). The van der Waals surface area contributed by atoms with Gasteiger partial charge in [0.25, 0.3) is 0 Å². The minimum absolute atomic E-state index is 0.0464. The van der Waals surface area contributed by atoms with Crippen molar-refractivity contribution in [2.75, 3.05) is 6.54 Å². The van der Waals surface area contributed by atoms with Crippen LogP contribution in [-0.2, 0) is 4.79 Å². The normalized spacial score (nSPS) is 18.8. The first kappa shape index (κ1) is 15.6. The monoisotopic (exact) mass is 314 g/mol. The fourth-order valence-corrected chi connectivity index (χ4v) is 3.51. The summed E-state index contributed by atoms with van der Waals surface area (Å²) in [6, 6.07) is 5.43. The number of rotatable bonds is 4. The summed E-state index contributed by atoms with van der Waals surface area (Å²) in [7, 11) is 0. The fraction of sp³-hybridized carbons (Fsp3) is 0.533. The van der Waals surface area contributed by atoms with E-state index in [9.17, 15) is 4.79 Å². The summed E-state index contributed by atoms with van der Waals surface area (Å²) in [4.78, 5) is 12.2. The largest absolute Gasteiger partial charge is 0.354 e. The molecule has 0 aromatic heterocycles. The van der Waals surface area contributed by atoms with E-state index in [1.807, 2.05) is 25.1 Å². The number of hydrogen-bond acceptors (Lipinski definition) is 2. The lowest BCUT2D eigenvalue weighted by atomic mass is 9.96. The van der Waals surface area contributed by atoms with Gasteiger partial charge in [-0.25, -0.2) is 0 Å². The van der Waals surface area contributed by atoms with Crippen LogP contribution >= 0.6 is 23.2 Å². The van der Waals surface area contributed by atoms with Crippen LogP contribution in [-0.4, -0.2) is 18.0 Å². The number of carbonyl (C=O) groups excluding carboxylic acids is 1. The number of carbonyl (C=O) groups is 1. The van der Waals surface area contributed by atoms with Gasteiger partial charge in [0, 0.05) is 22.5 Å². The van der Waals surface area contributed by atoms with Gasteiger partial charge in [-0.05, 0) is 30.5 Å². The average molecular weight is 315 g/mol. The minimum Gasteiger partial charge on any atom is -0.354 e. The first-order valence-corrected chi connectivity index (χ1v) is 7.71. The molecular weight excluding hydrogens is 295 g/mol. The van der Waals surface area contributed by atoms with E-state index < -0.39 is 5.54 Å². The number of nitrogens with two attached hydrogens (primary N) is 1. The molecule has 1 atom stereocenters. The van der Waals surface area contributed by atoms with Crippen LogP contribution in [0.4, 0.5) is 0 Å². The second kappa shape index (κ2) is 6.33. The summed E-state index contributed by atoms with van der Waals surface area (Å²) < 4.78 is 0. The molecule has 0 radical (unpaired) electrons. The summed E-state index contributed by atoms with van der Waals surface area (Å²) in [6.45, 7) is 2.48. The molecule has 1 aliphatic rings. The van der Waals surface area contributed by atoms with Crippen molar-refractivity contribution < 1.29 is 4.79 Å². The number of nitrogens with one attached hydrogen (secondary N) is 1. The highest BCUT2D eigenvalue weighted by atomic mass is 35.5. The Bertz CT molecular complexity index is 478. The molecule has 1 fully saturated rings. The fourth-order valence-electron chi connectivity index (χ4n) is 2.74. The van der Waals surface area contributed by atoms with Crippen LogP contribution in [0.25, 0.3) is 0 Å². The lowest BCUT2D eigenvalue weighted by Gasteiger charge is -2.24. The maximum Gasteiger partial charge on any atom is 0.240 e. The highest BCUT2D eigenvalue weighted by molar-refractivity contribution is 6.36. The minimum atomic E-state index is -0.690. The molecule has 1 aliphatic carbocycles. The number of halogens is 2. The van der Waals surface area contributed by atoms with Gasteiger partial charge < -0.3 is 11.1 Å². The predicted octanol–water partition coefficient (Wildman–Crippen LogP) is 3.48. The first-order chi connectivity index (χ1) is 9.44. The van der Waals surface area contributed by atoms with Crippen LogP contribution in [0, 0.1) is 0 Å². The number of hydrogen-bond donors (Lipinski definition) is 2. The Balaban J connectivity index is 1.98. The zero-order chi connectivity index (χ0) is 14.8. The number of benzene rings is 1. The second-order valence-electron chi connectivity index (χ2n) is 5.61. The Kier molecular flexibility index (Phi) is 4.95. The summed E-state index contributed by atoms with van der Waals surface area (Å²) in [5.74, 6) is -0.0184. The topological polar surface area (TPSA) is 55.1 Å². The molecule has 5 heteroatoms. The van der Waals surface area contributed by atoms with Gasteiger partial charge in [0.15, 0.2) is 0 Å². The van der Waals surface area contributed by atoms with E-state index >= 15 is 0 Å². The maximum atomic E-state index is 12.2. The highest BCUT2D eigenvalue weighted by Crippen LogP contribution is 2.31. The molecule has 0 bridgehead atoms. The Morgan fingerprint density at radius 2 is 1.90 bits per heavy atom. The number of amides is 1. The first-order valence-electron chi connectivity index (χ1n) is 6.95. The van der Waals surface area contributed by atoms with Gasteiger partial charge in [0.05, 0.1) is 5.54 Å². The van der Waals surface area contributed by atoms with Crippen LogP contribution in [0.2, 0.25) is 10.0 Å². The molecule has 1 unspecified atom stereocenters. The molecule has 1 saturated carbocycles. The van der Waals surface area contributed by atoms with E-state index in [1.165, 1.54) is 0 Å². The van der Waals surface area contributed by atoms with Gasteiger partial charge in [-0.2, -0.15) is 0 Å². The summed E-state index contributed by atoms with van der Waals surface area (Å²) in [5.41, 5.74) is 6.30. The second-order valence-corrected chi connectivity index (χ2v) is 6.42. The van der Waals surface area contributed by atoms with E-state index in [0.717, 1.165) is 31.2 Å². The van der Waals surface area contributed by atoms with Crippen molar-refractivity contribution in [2.45, 2.75) is 44.1 Å². The van der Waals surface area contributed by atoms with Crippen molar-refractivity contribution in [3.05, 3.63) is 33.8 Å². The van der Waals surface area contributed by atoms with Gasteiger partial charge in [0.1, 0.15) is 0 Å². The predicted molar refractivity (Wildman–Crippen MR) is 83.3 cm³/mol. The molecule has 1 aromatic carbocycles. The Hall–Kier alpha value is -0.770. The van der Waals surface area contributed by atoms with Crippen molar-refractivity contribution >= 4 is 29.1 Å². The third kappa shape index (κ3) is 3.27. The van der Waals surface area contributed by atoms with Gasteiger partial charge in [-0.1, -0.05) is 49.0 Å². The van der Waals surface area contributed by atoms with Crippen LogP contribution in [0.15, 0.2) is 18.2 Å². The molecule has 0 saturated heterocycles. The van der Waals surface area contributed by atoms with Crippen molar-refractivity contribution in [1.82, 2.24) is 5.32 Å². The van der Waals surface area contributed by atoms with Crippen LogP contribution in [0.5, 0.6) is 0 Å². The summed E-state index contributed by atoms with van der Waals surface area (Å²) in [6.07, 6.45) is 3.58. The van der Waals surface area contributed by atoms with Crippen LogP contribution < -0.4 is 11.1 Å². The van der Waals surface area contributed by atoms with E-state index in [-0.39, 0.29) is 11.8 Å². The van der Waals surface area contributed by atoms with E-state index in [1.54, 1.807) is 0 Å². The molecule has 1 amide bonds. The average Bonchev–Trinajstić information content (AvgIpc) is 2.84. The van der Waals surface area contributed by atoms with E-state index in [0.29, 0.717) is 16.6 Å². The highest BCUT2D eigenvalue weighted by Gasteiger charge is 2.36. The van der Waals surface area contributed by atoms with Crippen molar-refractivity contribution in [1.29, 1.82) is 0 Å². The lowest BCUT2D eigenvalue weighted by Crippen LogP contribution is -2.52. The van der Waals surface area contributed by atoms with Gasteiger partial charge in [-0.15, -0.1) is 0 Å². The van der Waals surface area contributed by atoms with Crippen LogP contribution in [0.3, 0.4) is 0 Å². The Labute approximate surface area is 129 Å². The SMILES string of the molecule is CC(CNC(=O)C1(N)CCCC1)c1c(Cl)cccc1Cl. The third-order valence-corrected chi connectivity index (χ3v) is 4.67. The van der Waals surface area contributed by atoms with Crippen molar-refractivity contribution in [2.24, 2.45) is 5.73 Å². The molecule has 1 aromatic rings. The molecule has 0 spiro atoms. The van der Waals surface area contributed by atoms with Crippen LogP contribution in [0.1, 0.15) is 44.1 Å². The quantitative estimate of drug-likeness (QED) is 0.893. The molecule has 0 aliphatic heterocycles. The molecular formula is C15H20Cl2N2O. The molecule has 3 nitrogen and oxygen atoms in total. The lowest BCUT2D eigenvalue weighted by molar-refractivity contribution is -0.126. The molecule has 3 N–H and O–H groups in total. The summed E-state index contributed by atoms with van der Waals surface area (Å²) in [5, 5.41) is 4.19. The third-order valence-electron chi connectivity index (χ3n) is 4.01.